The summed E-state index contributed by atoms with van der Waals surface area (Å²) < 4.78 is 0. The minimum absolute atomic E-state index is 0.115. The first-order valence-electron chi connectivity index (χ1n) is 10.2. The molecule has 4 rings (SSSR count). The molecule has 1 aliphatic heterocycles. The molecule has 4 heteroatoms. The number of hydrogen-bond acceptors (Lipinski definition) is 4. The second-order valence-electron chi connectivity index (χ2n) is 7.87. The maximum Gasteiger partial charge on any atom is 0.0878 e. The summed E-state index contributed by atoms with van der Waals surface area (Å²) in [6, 6.07) is 21.3. The lowest BCUT2D eigenvalue weighted by atomic mass is 9.82. The highest BCUT2D eigenvalue weighted by atomic mass is 16.4. The third kappa shape index (κ3) is 4.22. The molecule has 1 atom stereocenters. The lowest BCUT2D eigenvalue weighted by Crippen LogP contribution is -2.39. The van der Waals surface area contributed by atoms with E-state index in [0.717, 1.165) is 24.3 Å². The lowest BCUT2D eigenvalue weighted by molar-refractivity contribution is 0.317. The highest BCUT2D eigenvalue weighted by Gasteiger charge is 2.22. The molecule has 3 aromatic rings. The fraction of sp³-hybridized carbons (Fsp3) is 0.280. The normalized spacial score (nSPS) is 15.7. The van der Waals surface area contributed by atoms with E-state index in [4.69, 9.17) is 0 Å². The first-order valence-corrected chi connectivity index (χ1v) is 10.2. The predicted octanol–water partition coefficient (Wildman–Crippen LogP) is 4.79. The molecule has 0 spiro atoms. The average molecular weight is 386 g/mol. The molecule has 0 bridgehead atoms. The number of nitrogens with one attached hydrogen (secondary N) is 1. The Labute approximate surface area is 172 Å². The standard InChI is InChI=1S/C25H27N3O/c1-17-5-3-4-6-23(17)24(14-25(28-29)21-11-12-27-18(2)13-21)20-9-7-19(8-10-20)22-15-26-16-22/h3-13,22,24,26,29H,14-16H2,1-2H3/t24-/m1/s1. The van der Waals surface area contributed by atoms with Gasteiger partial charge in [-0.05, 0) is 48.2 Å². The van der Waals surface area contributed by atoms with Crippen LogP contribution in [0.1, 0.15) is 51.8 Å². The van der Waals surface area contributed by atoms with E-state index in [1.165, 1.54) is 22.3 Å². The van der Waals surface area contributed by atoms with Crippen molar-refractivity contribution in [3.05, 3.63) is 100 Å². The van der Waals surface area contributed by atoms with E-state index in [-0.39, 0.29) is 5.92 Å². The van der Waals surface area contributed by atoms with E-state index < -0.39 is 0 Å². The maximum atomic E-state index is 9.80. The highest BCUT2D eigenvalue weighted by Crippen LogP contribution is 2.33. The SMILES string of the molecule is Cc1cc(C(C[C@H](c2ccc(C3CNC3)cc2)c2ccccc2C)=NO)ccn1. The molecule has 1 aromatic heterocycles. The van der Waals surface area contributed by atoms with E-state index in [1.54, 1.807) is 6.20 Å². The topological polar surface area (TPSA) is 57.5 Å². The largest absolute Gasteiger partial charge is 0.411 e. The number of rotatable bonds is 6. The van der Waals surface area contributed by atoms with E-state index in [1.807, 2.05) is 19.1 Å². The molecule has 0 radical (unpaired) electrons. The first kappa shape index (κ1) is 19.3. The zero-order valence-electron chi connectivity index (χ0n) is 17.0. The van der Waals surface area contributed by atoms with Gasteiger partial charge in [0.05, 0.1) is 5.71 Å². The quantitative estimate of drug-likeness (QED) is 0.364. The van der Waals surface area contributed by atoms with Crippen LogP contribution in [0.4, 0.5) is 0 Å². The maximum absolute atomic E-state index is 9.80. The van der Waals surface area contributed by atoms with Crippen molar-refractivity contribution >= 4 is 5.71 Å². The zero-order chi connectivity index (χ0) is 20.2. The highest BCUT2D eigenvalue weighted by molar-refractivity contribution is 6.00. The predicted molar refractivity (Wildman–Crippen MR) is 117 cm³/mol. The van der Waals surface area contributed by atoms with Crippen LogP contribution in [0.3, 0.4) is 0 Å². The van der Waals surface area contributed by atoms with Crippen molar-refractivity contribution in [1.29, 1.82) is 0 Å². The fourth-order valence-corrected chi connectivity index (χ4v) is 4.04. The van der Waals surface area contributed by atoms with Crippen molar-refractivity contribution in [1.82, 2.24) is 10.3 Å². The van der Waals surface area contributed by atoms with Crippen LogP contribution in [0.5, 0.6) is 0 Å². The van der Waals surface area contributed by atoms with Gasteiger partial charge >= 0.3 is 0 Å². The minimum Gasteiger partial charge on any atom is -0.411 e. The third-order valence-electron chi connectivity index (χ3n) is 5.90. The van der Waals surface area contributed by atoms with E-state index in [0.29, 0.717) is 18.1 Å². The molecule has 0 amide bonds. The minimum atomic E-state index is 0.115. The van der Waals surface area contributed by atoms with Crippen molar-refractivity contribution < 1.29 is 5.21 Å². The van der Waals surface area contributed by atoms with Crippen molar-refractivity contribution in [2.24, 2.45) is 5.16 Å². The average Bonchev–Trinajstić information content (AvgIpc) is 2.69. The molecule has 2 N–H and O–H groups in total. The van der Waals surface area contributed by atoms with Gasteiger partial charge in [0.1, 0.15) is 0 Å². The summed E-state index contributed by atoms with van der Waals surface area (Å²) in [5, 5.41) is 16.8. The molecule has 148 valence electrons. The first-order chi connectivity index (χ1) is 14.2. The van der Waals surface area contributed by atoms with Crippen LogP contribution < -0.4 is 5.32 Å². The monoisotopic (exact) mass is 385 g/mol. The van der Waals surface area contributed by atoms with Gasteiger partial charge in [-0.3, -0.25) is 4.98 Å². The van der Waals surface area contributed by atoms with Crippen molar-refractivity contribution in [3.63, 3.8) is 0 Å². The molecule has 1 saturated heterocycles. The molecule has 1 aliphatic rings. The van der Waals surface area contributed by atoms with Gasteiger partial charge in [0.15, 0.2) is 0 Å². The van der Waals surface area contributed by atoms with Gasteiger partial charge in [0, 0.05) is 48.8 Å². The molecule has 2 aromatic carbocycles. The summed E-state index contributed by atoms with van der Waals surface area (Å²) in [5.74, 6) is 0.736. The molecule has 0 aliphatic carbocycles. The van der Waals surface area contributed by atoms with E-state index in [2.05, 4.69) is 70.9 Å². The van der Waals surface area contributed by atoms with Crippen LogP contribution >= 0.6 is 0 Å². The molecule has 0 saturated carbocycles. The van der Waals surface area contributed by atoms with Crippen LogP contribution in [0.25, 0.3) is 0 Å². The summed E-state index contributed by atoms with van der Waals surface area (Å²) in [6.07, 6.45) is 2.38. The molecule has 4 nitrogen and oxygen atoms in total. The molecule has 29 heavy (non-hydrogen) atoms. The molecule has 1 fully saturated rings. The van der Waals surface area contributed by atoms with Gasteiger partial charge < -0.3 is 10.5 Å². The second kappa shape index (κ2) is 8.58. The van der Waals surface area contributed by atoms with Gasteiger partial charge in [-0.15, -0.1) is 0 Å². The number of nitrogens with zero attached hydrogens (tertiary/aromatic N) is 2. The molecule has 0 unspecified atom stereocenters. The Kier molecular flexibility index (Phi) is 5.72. The van der Waals surface area contributed by atoms with Gasteiger partial charge in [-0.2, -0.15) is 0 Å². The van der Waals surface area contributed by atoms with E-state index >= 15 is 0 Å². The molecular formula is C25H27N3O. The number of oxime groups is 1. The molecule has 2 heterocycles. The number of benzene rings is 2. The lowest BCUT2D eigenvalue weighted by Gasteiger charge is -2.28. The van der Waals surface area contributed by atoms with Gasteiger partial charge in [0.2, 0.25) is 0 Å². The number of hydrogen-bond donors (Lipinski definition) is 2. The Balaban J connectivity index is 1.69. The number of aromatic nitrogens is 1. The van der Waals surface area contributed by atoms with Crippen LogP contribution in [-0.4, -0.2) is 29.0 Å². The van der Waals surface area contributed by atoms with Crippen molar-refractivity contribution in [2.75, 3.05) is 13.1 Å². The summed E-state index contributed by atoms with van der Waals surface area (Å²) in [7, 11) is 0. The Morgan fingerprint density at radius 3 is 2.48 bits per heavy atom. The Hall–Kier alpha value is -2.98. The zero-order valence-corrected chi connectivity index (χ0v) is 17.0. The Bertz CT molecular complexity index is 1010. The van der Waals surface area contributed by atoms with Crippen LogP contribution in [0.2, 0.25) is 0 Å². The van der Waals surface area contributed by atoms with Gasteiger partial charge in [0.25, 0.3) is 0 Å². The van der Waals surface area contributed by atoms with Crippen molar-refractivity contribution in [3.8, 4) is 0 Å². The fourth-order valence-electron chi connectivity index (χ4n) is 4.04. The van der Waals surface area contributed by atoms with Crippen LogP contribution in [0.15, 0.2) is 72.0 Å². The number of pyridine rings is 1. The number of aryl methyl sites for hydroxylation is 2. The van der Waals surface area contributed by atoms with Crippen LogP contribution in [-0.2, 0) is 0 Å². The summed E-state index contributed by atoms with van der Waals surface area (Å²) in [5.41, 5.74) is 7.63. The van der Waals surface area contributed by atoms with Crippen LogP contribution in [0, 0.1) is 13.8 Å². The van der Waals surface area contributed by atoms with E-state index in [9.17, 15) is 5.21 Å². The smallest absolute Gasteiger partial charge is 0.0878 e. The Morgan fingerprint density at radius 2 is 1.86 bits per heavy atom. The Morgan fingerprint density at radius 1 is 1.10 bits per heavy atom. The summed E-state index contributed by atoms with van der Waals surface area (Å²) >= 11 is 0. The second-order valence-corrected chi connectivity index (χ2v) is 7.87. The molecular weight excluding hydrogens is 358 g/mol. The van der Waals surface area contributed by atoms with Gasteiger partial charge in [-0.1, -0.05) is 53.7 Å². The van der Waals surface area contributed by atoms with Crippen molar-refractivity contribution in [2.45, 2.75) is 32.1 Å². The summed E-state index contributed by atoms with van der Waals surface area (Å²) in [6.45, 7) is 6.21. The summed E-state index contributed by atoms with van der Waals surface area (Å²) in [4.78, 5) is 4.26. The van der Waals surface area contributed by atoms with Gasteiger partial charge in [-0.25, -0.2) is 0 Å². The third-order valence-corrected chi connectivity index (χ3v) is 5.90.